The topological polar surface area (TPSA) is 69.2 Å². The van der Waals surface area contributed by atoms with Crippen LogP contribution in [0, 0.1) is 0 Å². The van der Waals surface area contributed by atoms with Gasteiger partial charge in [0.2, 0.25) is 0 Å². The molecular weight excluding hydrogens is 451 g/mol. The Hall–Kier alpha value is -3.34. The highest BCUT2D eigenvalue weighted by Gasteiger charge is 2.52. The summed E-state index contributed by atoms with van der Waals surface area (Å²) in [4.78, 5) is 37.7. The Balaban J connectivity index is 1.58. The lowest BCUT2D eigenvalue weighted by Crippen LogP contribution is -2.46. The van der Waals surface area contributed by atoms with Gasteiger partial charge in [0.05, 0.1) is 24.1 Å². The standard InChI is InChI=1S/C23H26F3N5O3/c1-22(2)20(32)31(17-4-6-18(7-5-17)34-23(24,25)26)21(33)30(22)15-16-8-9-27-14-19(16)29-12-10-28(3)11-13-29/h4-9,14H,10-13,15H2,1-3H3. The van der Waals surface area contributed by atoms with Gasteiger partial charge in [0.25, 0.3) is 5.91 Å². The minimum absolute atomic E-state index is 0.175. The van der Waals surface area contributed by atoms with E-state index in [0.717, 1.165) is 54.5 Å². The van der Waals surface area contributed by atoms with Crippen molar-refractivity contribution in [2.24, 2.45) is 0 Å². The third-order valence-electron chi connectivity index (χ3n) is 6.21. The Labute approximate surface area is 195 Å². The Morgan fingerprint density at radius 3 is 2.29 bits per heavy atom. The van der Waals surface area contributed by atoms with Crippen LogP contribution in [-0.2, 0) is 11.3 Å². The Kier molecular flexibility index (Phi) is 6.15. The number of carbonyl (C=O) groups excluding carboxylic acids is 2. The Morgan fingerprint density at radius 1 is 1.03 bits per heavy atom. The molecule has 182 valence electrons. The first-order valence-electron chi connectivity index (χ1n) is 10.9. The second-order valence-electron chi connectivity index (χ2n) is 8.90. The first-order chi connectivity index (χ1) is 16.0. The van der Waals surface area contributed by atoms with E-state index in [0.29, 0.717) is 0 Å². The van der Waals surface area contributed by atoms with Gasteiger partial charge < -0.3 is 19.4 Å². The summed E-state index contributed by atoms with van der Waals surface area (Å²) in [5.41, 5.74) is 0.804. The van der Waals surface area contributed by atoms with Gasteiger partial charge in [0.1, 0.15) is 11.3 Å². The fourth-order valence-corrected chi connectivity index (χ4v) is 4.18. The van der Waals surface area contributed by atoms with Gasteiger partial charge in [-0.2, -0.15) is 0 Å². The first-order valence-corrected chi connectivity index (χ1v) is 10.9. The zero-order chi connectivity index (χ0) is 24.7. The summed E-state index contributed by atoms with van der Waals surface area (Å²) in [6.07, 6.45) is -1.40. The van der Waals surface area contributed by atoms with E-state index in [1.807, 2.05) is 6.07 Å². The lowest BCUT2D eigenvalue weighted by Gasteiger charge is -2.36. The van der Waals surface area contributed by atoms with Crippen molar-refractivity contribution in [3.05, 3.63) is 48.3 Å². The molecule has 1 aromatic heterocycles. The molecule has 0 unspecified atom stereocenters. The molecule has 2 saturated heterocycles. The maximum Gasteiger partial charge on any atom is 0.573 e. The van der Waals surface area contributed by atoms with Gasteiger partial charge in [0, 0.05) is 32.4 Å². The van der Waals surface area contributed by atoms with Crippen LogP contribution >= 0.6 is 0 Å². The third-order valence-corrected chi connectivity index (χ3v) is 6.21. The fraction of sp³-hybridized carbons (Fsp3) is 0.435. The summed E-state index contributed by atoms with van der Waals surface area (Å²) in [7, 11) is 2.06. The average Bonchev–Trinajstić information content (AvgIpc) is 2.94. The second-order valence-corrected chi connectivity index (χ2v) is 8.90. The fourth-order valence-electron chi connectivity index (χ4n) is 4.18. The highest BCUT2D eigenvalue weighted by Crippen LogP contribution is 2.35. The van der Waals surface area contributed by atoms with Gasteiger partial charge >= 0.3 is 12.4 Å². The van der Waals surface area contributed by atoms with Gasteiger partial charge in [-0.25, -0.2) is 9.69 Å². The molecule has 0 saturated carbocycles. The number of amides is 3. The number of imide groups is 1. The normalized spacial score (nSPS) is 19.2. The summed E-state index contributed by atoms with van der Waals surface area (Å²) < 4.78 is 41.2. The number of urea groups is 1. The van der Waals surface area contributed by atoms with Crippen molar-refractivity contribution in [2.75, 3.05) is 43.0 Å². The number of carbonyl (C=O) groups is 2. The number of nitrogens with zero attached hydrogens (tertiary/aromatic N) is 5. The molecule has 8 nitrogen and oxygen atoms in total. The van der Waals surface area contributed by atoms with E-state index in [1.165, 1.54) is 17.0 Å². The average molecular weight is 477 g/mol. The molecule has 11 heteroatoms. The minimum atomic E-state index is -4.83. The van der Waals surface area contributed by atoms with Crippen molar-refractivity contribution in [3.63, 3.8) is 0 Å². The van der Waals surface area contributed by atoms with Crippen LogP contribution in [0.4, 0.5) is 29.3 Å². The number of piperazine rings is 1. The zero-order valence-corrected chi connectivity index (χ0v) is 19.2. The monoisotopic (exact) mass is 477 g/mol. The van der Waals surface area contributed by atoms with Gasteiger partial charge in [-0.3, -0.25) is 9.78 Å². The molecule has 0 N–H and O–H groups in total. The summed E-state index contributed by atoms with van der Waals surface area (Å²) in [5.74, 6) is -0.891. The number of alkyl halides is 3. The van der Waals surface area contributed by atoms with Crippen molar-refractivity contribution >= 4 is 23.3 Å². The molecule has 1 aromatic carbocycles. The molecule has 0 bridgehead atoms. The molecule has 3 amide bonds. The lowest BCUT2D eigenvalue weighted by atomic mass is 10.0. The predicted molar refractivity (Wildman–Crippen MR) is 120 cm³/mol. The van der Waals surface area contributed by atoms with Crippen LogP contribution in [0.25, 0.3) is 0 Å². The molecule has 4 rings (SSSR count). The Morgan fingerprint density at radius 2 is 1.68 bits per heavy atom. The molecule has 3 heterocycles. The van der Waals surface area contributed by atoms with Crippen molar-refractivity contribution < 1.29 is 27.5 Å². The summed E-state index contributed by atoms with van der Waals surface area (Å²) in [5, 5.41) is 0. The van der Waals surface area contributed by atoms with E-state index in [-0.39, 0.29) is 12.2 Å². The highest BCUT2D eigenvalue weighted by molar-refractivity contribution is 6.22. The van der Waals surface area contributed by atoms with Gasteiger partial charge in [-0.1, -0.05) is 0 Å². The molecule has 0 radical (unpaired) electrons. The number of benzene rings is 1. The van der Waals surface area contributed by atoms with Crippen LogP contribution in [-0.4, -0.2) is 71.9 Å². The van der Waals surface area contributed by atoms with E-state index in [9.17, 15) is 22.8 Å². The SMILES string of the molecule is CN1CCN(c2cnccc2CN2C(=O)N(c3ccc(OC(F)(F)F)cc3)C(=O)C2(C)C)CC1. The maximum atomic E-state index is 13.4. The van der Waals surface area contributed by atoms with Crippen LogP contribution in [0.3, 0.4) is 0 Å². The van der Waals surface area contributed by atoms with Gasteiger partial charge in [-0.15, -0.1) is 13.2 Å². The maximum absolute atomic E-state index is 13.4. The van der Waals surface area contributed by atoms with Crippen LogP contribution in [0.1, 0.15) is 19.4 Å². The lowest BCUT2D eigenvalue weighted by molar-refractivity contribution is -0.274. The molecule has 34 heavy (non-hydrogen) atoms. The molecule has 2 aliphatic heterocycles. The molecule has 2 fully saturated rings. The van der Waals surface area contributed by atoms with E-state index in [4.69, 9.17) is 0 Å². The molecule has 0 atom stereocenters. The molecule has 0 aliphatic carbocycles. The number of anilines is 2. The van der Waals surface area contributed by atoms with E-state index >= 15 is 0 Å². The van der Waals surface area contributed by atoms with Crippen LogP contribution in [0.5, 0.6) is 5.75 Å². The summed E-state index contributed by atoms with van der Waals surface area (Å²) >= 11 is 0. The number of aromatic nitrogens is 1. The van der Waals surface area contributed by atoms with Crippen LogP contribution < -0.4 is 14.5 Å². The predicted octanol–water partition coefficient (Wildman–Crippen LogP) is 3.48. The number of ether oxygens (including phenoxy) is 1. The van der Waals surface area contributed by atoms with E-state index in [2.05, 4.69) is 26.6 Å². The van der Waals surface area contributed by atoms with Gasteiger partial charge in [0.15, 0.2) is 0 Å². The van der Waals surface area contributed by atoms with Crippen LogP contribution in [0.15, 0.2) is 42.7 Å². The molecular formula is C23H26F3N5O3. The number of pyridine rings is 1. The van der Waals surface area contributed by atoms with Gasteiger partial charge in [-0.05, 0) is 56.8 Å². The summed E-state index contributed by atoms with van der Waals surface area (Å²) in [6, 6.07) is 5.98. The van der Waals surface area contributed by atoms with Crippen LogP contribution in [0.2, 0.25) is 0 Å². The minimum Gasteiger partial charge on any atom is -0.406 e. The zero-order valence-electron chi connectivity index (χ0n) is 19.2. The number of halogens is 3. The van der Waals surface area contributed by atoms with E-state index in [1.54, 1.807) is 26.2 Å². The number of rotatable bonds is 5. The highest BCUT2D eigenvalue weighted by atomic mass is 19.4. The first kappa shape index (κ1) is 23.8. The molecule has 2 aliphatic rings. The number of hydrogen-bond donors (Lipinski definition) is 0. The summed E-state index contributed by atoms with van der Waals surface area (Å²) in [6.45, 7) is 6.96. The van der Waals surface area contributed by atoms with Crippen molar-refractivity contribution in [3.8, 4) is 5.75 Å². The van der Waals surface area contributed by atoms with Crippen molar-refractivity contribution in [1.82, 2.24) is 14.8 Å². The Bertz CT molecular complexity index is 1070. The van der Waals surface area contributed by atoms with Crippen molar-refractivity contribution in [2.45, 2.75) is 32.3 Å². The second kappa shape index (κ2) is 8.79. The largest absolute Gasteiger partial charge is 0.573 e. The van der Waals surface area contributed by atoms with E-state index < -0.39 is 29.6 Å². The quantitative estimate of drug-likeness (QED) is 0.615. The van der Waals surface area contributed by atoms with Crippen molar-refractivity contribution in [1.29, 1.82) is 0 Å². The third kappa shape index (κ3) is 4.65. The number of likely N-dealkylation sites (N-methyl/N-ethyl adjacent to an activating group) is 1. The molecule has 0 spiro atoms. The smallest absolute Gasteiger partial charge is 0.406 e. The number of hydrogen-bond acceptors (Lipinski definition) is 6. The molecule has 2 aromatic rings.